The first-order valence-electron chi connectivity index (χ1n) is 7.49. The quantitative estimate of drug-likeness (QED) is 0.737. The second-order valence-electron chi connectivity index (χ2n) is 5.69. The number of anilines is 1. The summed E-state index contributed by atoms with van der Waals surface area (Å²) in [5.74, 6) is 0.0166. The Kier molecular flexibility index (Phi) is 3.84. The predicted octanol–water partition coefficient (Wildman–Crippen LogP) is 2.13. The van der Waals surface area contributed by atoms with E-state index in [1.807, 2.05) is 29.2 Å². The average Bonchev–Trinajstić information content (AvgIpc) is 2.83. The molecule has 4 N–H and O–H groups in total. The lowest BCUT2D eigenvalue weighted by molar-refractivity contribution is 0.0557. The molecule has 0 saturated heterocycles. The third kappa shape index (κ3) is 2.74. The van der Waals surface area contributed by atoms with E-state index in [1.54, 1.807) is 0 Å². The lowest BCUT2D eigenvalue weighted by atomic mass is 9.91. The van der Waals surface area contributed by atoms with Crippen molar-refractivity contribution in [3.63, 3.8) is 0 Å². The number of carbonyl (C=O) groups is 1. The van der Waals surface area contributed by atoms with Crippen LogP contribution in [0.25, 0.3) is 10.9 Å². The highest BCUT2D eigenvalue weighted by Gasteiger charge is 2.29. The highest BCUT2D eigenvalue weighted by molar-refractivity contribution is 5.98. The summed E-state index contributed by atoms with van der Waals surface area (Å²) in [5.41, 5.74) is 7.99. The molecule has 1 aliphatic rings. The largest absolute Gasteiger partial charge is 0.399 e. The summed E-state index contributed by atoms with van der Waals surface area (Å²) < 4.78 is 0. The van der Waals surface area contributed by atoms with Crippen LogP contribution in [0.4, 0.5) is 5.69 Å². The fourth-order valence-corrected chi connectivity index (χ4v) is 2.81. The zero-order valence-electron chi connectivity index (χ0n) is 12.0. The molecule has 0 radical (unpaired) electrons. The van der Waals surface area contributed by atoms with Gasteiger partial charge in [-0.3, -0.25) is 4.79 Å². The smallest absolute Gasteiger partial charge is 0.270 e. The van der Waals surface area contributed by atoms with E-state index in [2.05, 4.69) is 4.98 Å². The van der Waals surface area contributed by atoms with E-state index in [0.29, 0.717) is 30.4 Å². The van der Waals surface area contributed by atoms with Gasteiger partial charge in [0.1, 0.15) is 5.69 Å². The van der Waals surface area contributed by atoms with E-state index in [-0.39, 0.29) is 12.5 Å². The Morgan fingerprint density at radius 2 is 2.19 bits per heavy atom. The lowest BCUT2D eigenvalue weighted by Crippen LogP contribution is -2.45. The maximum Gasteiger partial charge on any atom is 0.270 e. The van der Waals surface area contributed by atoms with Gasteiger partial charge in [0.15, 0.2) is 0 Å². The number of nitrogens with zero attached hydrogens (tertiary/aromatic N) is 1. The fraction of sp³-hybridized carbons (Fsp3) is 0.438. The van der Waals surface area contributed by atoms with Crippen molar-refractivity contribution < 1.29 is 9.90 Å². The first-order chi connectivity index (χ1) is 10.2. The van der Waals surface area contributed by atoms with E-state index >= 15 is 0 Å². The SMILES string of the molecule is Nc1ccc2[nH]c(C(=O)N(CCCO)C3CCC3)cc2c1. The Balaban J connectivity index is 1.85. The van der Waals surface area contributed by atoms with Crippen LogP contribution in [0, 0.1) is 0 Å². The second-order valence-corrected chi connectivity index (χ2v) is 5.69. The number of nitrogen functional groups attached to an aromatic ring is 1. The molecule has 3 rings (SSSR count). The van der Waals surface area contributed by atoms with Gasteiger partial charge in [-0.2, -0.15) is 0 Å². The van der Waals surface area contributed by atoms with Crippen molar-refractivity contribution in [2.24, 2.45) is 0 Å². The zero-order chi connectivity index (χ0) is 14.8. The van der Waals surface area contributed by atoms with Crippen molar-refractivity contribution >= 4 is 22.5 Å². The molecular formula is C16H21N3O2. The maximum atomic E-state index is 12.7. The topological polar surface area (TPSA) is 82.4 Å². The van der Waals surface area contributed by atoms with Gasteiger partial charge >= 0.3 is 0 Å². The summed E-state index contributed by atoms with van der Waals surface area (Å²) in [6.45, 7) is 0.719. The Morgan fingerprint density at radius 3 is 2.86 bits per heavy atom. The summed E-state index contributed by atoms with van der Waals surface area (Å²) in [5, 5.41) is 9.98. The number of amides is 1. The summed E-state index contributed by atoms with van der Waals surface area (Å²) in [4.78, 5) is 17.8. The highest BCUT2D eigenvalue weighted by atomic mass is 16.3. The molecule has 0 aliphatic heterocycles. The van der Waals surface area contributed by atoms with E-state index < -0.39 is 0 Å². The normalized spacial score (nSPS) is 15.1. The molecule has 0 unspecified atom stereocenters. The van der Waals surface area contributed by atoms with Gasteiger partial charge < -0.3 is 20.7 Å². The highest BCUT2D eigenvalue weighted by Crippen LogP contribution is 2.27. The van der Waals surface area contributed by atoms with E-state index in [1.165, 1.54) is 6.42 Å². The van der Waals surface area contributed by atoms with Gasteiger partial charge in [0, 0.05) is 35.8 Å². The number of H-pyrrole nitrogens is 1. The van der Waals surface area contributed by atoms with Crippen LogP contribution in [-0.2, 0) is 0 Å². The van der Waals surface area contributed by atoms with Crippen LogP contribution >= 0.6 is 0 Å². The second kappa shape index (κ2) is 5.77. The Bertz CT molecular complexity index is 646. The monoisotopic (exact) mass is 287 g/mol. The van der Waals surface area contributed by atoms with E-state index in [9.17, 15) is 4.79 Å². The molecule has 1 aromatic heterocycles. The molecule has 21 heavy (non-hydrogen) atoms. The summed E-state index contributed by atoms with van der Waals surface area (Å²) in [6, 6.07) is 7.76. The predicted molar refractivity (Wildman–Crippen MR) is 83.1 cm³/mol. The molecule has 1 fully saturated rings. The van der Waals surface area contributed by atoms with Crippen molar-refractivity contribution in [1.82, 2.24) is 9.88 Å². The zero-order valence-corrected chi connectivity index (χ0v) is 12.0. The number of aliphatic hydroxyl groups excluding tert-OH is 1. The number of hydrogen-bond donors (Lipinski definition) is 3. The van der Waals surface area contributed by atoms with E-state index in [0.717, 1.165) is 23.7 Å². The number of nitrogens with one attached hydrogen (secondary N) is 1. The van der Waals surface area contributed by atoms with Crippen LogP contribution in [0.2, 0.25) is 0 Å². The van der Waals surface area contributed by atoms with Crippen molar-refractivity contribution in [3.05, 3.63) is 30.0 Å². The molecule has 0 atom stereocenters. The van der Waals surface area contributed by atoms with Crippen LogP contribution < -0.4 is 5.73 Å². The minimum absolute atomic E-state index is 0.0166. The maximum absolute atomic E-state index is 12.7. The average molecular weight is 287 g/mol. The van der Waals surface area contributed by atoms with Crippen LogP contribution in [-0.4, -0.2) is 40.1 Å². The van der Waals surface area contributed by atoms with Gasteiger partial charge in [-0.25, -0.2) is 0 Å². The minimum Gasteiger partial charge on any atom is -0.399 e. The molecule has 1 saturated carbocycles. The number of rotatable bonds is 5. The lowest BCUT2D eigenvalue weighted by Gasteiger charge is -2.37. The van der Waals surface area contributed by atoms with Crippen LogP contribution in [0.1, 0.15) is 36.2 Å². The molecule has 0 spiro atoms. The molecule has 5 heteroatoms. The van der Waals surface area contributed by atoms with Crippen LogP contribution in [0.15, 0.2) is 24.3 Å². The standard InChI is InChI=1S/C16H21N3O2/c17-12-5-6-14-11(9-12)10-15(18-14)16(21)19(7-2-8-20)13-3-1-4-13/h5-6,9-10,13,18,20H,1-4,7-8,17H2. The fourth-order valence-electron chi connectivity index (χ4n) is 2.81. The van der Waals surface area contributed by atoms with Gasteiger partial charge in [-0.1, -0.05) is 0 Å². The molecule has 1 amide bonds. The Hall–Kier alpha value is -2.01. The number of aromatic nitrogens is 1. The Labute approximate surface area is 123 Å². The number of nitrogens with two attached hydrogens (primary N) is 1. The molecule has 5 nitrogen and oxygen atoms in total. The number of aromatic amines is 1. The summed E-state index contributed by atoms with van der Waals surface area (Å²) >= 11 is 0. The number of carbonyl (C=O) groups excluding carboxylic acids is 1. The molecule has 0 bridgehead atoms. The minimum atomic E-state index is 0.0166. The van der Waals surface area contributed by atoms with Crippen molar-refractivity contribution in [1.29, 1.82) is 0 Å². The molecule has 1 aromatic carbocycles. The molecular weight excluding hydrogens is 266 g/mol. The third-order valence-electron chi connectivity index (χ3n) is 4.21. The number of hydrogen-bond acceptors (Lipinski definition) is 3. The van der Waals surface area contributed by atoms with Crippen LogP contribution in [0.3, 0.4) is 0 Å². The van der Waals surface area contributed by atoms with Gasteiger partial charge in [-0.15, -0.1) is 0 Å². The Morgan fingerprint density at radius 1 is 1.38 bits per heavy atom. The first-order valence-corrected chi connectivity index (χ1v) is 7.49. The van der Waals surface area contributed by atoms with Crippen molar-refractivity contribution in [3.8, 4) is 0 Å². The summed E-state index contributed by atoms with van der Waals surface area (Å²) in [6.07, 6.45) is 3.92. The molecule has 112 valence electrons. The molecule has 1 heterocycles. The molecule has 1 aliphatic carbocycles. The van der Waals surface area contributed by atoms with Crippen molar-refractivity contribution in [2.75, 3.05) is 18.9 Å². The summed E-state index contributed by atoms with van der Waals surface area (Å²) in [7, 11) is 0. The number of aliphatic hydroxyl groups is 1. The van der Waals surface area contributed by atoms with Gasteiger partial charge in [0.05, 0.1) is 0 Å². The van der Waals surface area contributed by atoms with E-state index in [4.69, 9.17) is 10.8 Å². The van der Waals surface area contributed by atoms with Crippen LogP contribution in [0.5, 0.6) is 0 Å². The van der Waals surface area contributed by atoms with Gasteiger partial charge in [0.2, 0.25) is 0 Å². The number of fused-ring (bicyclic) bond motifs is 1. The van der Waals surface area contributed by atoms with Gasteiger partial charge in [0.25, 0.3) is 5.91 Å². The first kappa shape index (κ1) is 13.9. The third-order valence-corrected chi connectivity index (χ3v) is 4.21. The molecule has 2 aromatic rings. The van der Waals surface area contributed by atoms with Crippen molar-refractivity contribution in [2.45, 2.75) is 31.7 Å². The van der Waals surface area contributed by atoms with Gasteiger partial charge in [-0.05, 0) is 49.9 Å². The number of benzene rings is 1.